The lowest BCUT2D eigenvalue weighted by atomic mass is 9.94. The molecule has 0 bridgehead atoms. The normalized spacial score (nSPS) is 15.6. The van der Waals surface area contributed by atoms with Crippen molar-refractivity contribution in [2.24, 2.45) is 5.92 Å². The number of methoxy groups -OCH3 is 1. The summed E-state index contributed by atoms with van der Waals surface area (Å²) in [6, 6.07) is 11.5. The molecule has 2 aliphatic heterocycles. The monoisotopic (exact) mass is 595 g/mol. The molecule has 2 aromatic rings. The number of rotatable bonds is 9. The van der Waals surface area contributed by atoms with Crippen LogP contribution >= 0.6 is 11.8 Å². The van der Waals surface area contributed by atoms with Crippen molar-refractivity contribution in [2.75, 3.05) is 58.9 Å². The van der Waals surface area contributed by atoms with Gasteiger partial charge in [-0.25, -0.2) is 22.3 Å². The van der Waals surface area contributed by atoms with Crippen LogP contribution in [0.15, 0.2) is 51.1 Å². The summed E-state index contributed by atoms with van der Waals surface area (Å²) >= 11 is 1.51. The molecule has 2 heterocycles. The third kappa shape index (κ3) is 7.67. The number of ether oxygens (including phenoxy) is 1. The maximum Gasteiger partial charge on any atom is 0.414 e. The number of piperidine rings is 1. The Balaban J connectivity index is 0.000000663. The lowest BCUT2D eigenvalue weighted by molar-refractivity contribution is -0.159. The Labute approximate surface area is 239 Å². The summed E-state index contributed by atoms with van der Waals surface area (Å²) in [6.45, 7) is 4.22. The van der Waals surface area contributed by atoms with Crippen LogP contribution in [0.5, 0.6) is 5.75 Å². The molecule has 0 aliphatic carbocycles. The van der Waals surface area contributed by atoms with E-state index in [1.807, 2.05) is 30.3 Å². The van der Waals surface area contributed by atoms with Gasteiger partial charge in [-0.1, -0.05) is 17.8 Å². The minimum Gasteiger partial charge on any atom is -0.497 e. The number of aliphatic carboxylic acids is 2. The fourth-order valence-electron chi connectivity index (χ4n) is 4.75. The van der Waals surface area contributed by atoms with Crippen molar-refractivity contribution in [1.29, 1.82) is 0 Å². The summed E-state index contributed by atoms with van der Waals surface area (Å²) in [5, 5.41) is 24.0. The number of carboxylic acids is 2. The predicted molar refractivity (Wildman–Crippen MR) is 152 cm³/mol. The first-order valence-electron chi connectivity index (χ1n) is 13.0. The third-order valence-corrected chi connectivity index (χ3v) is 10.1. The molecule has 0 amide bonds. The highest BCUT2D eigenvalue weighted by molar-refractivity contribution is 8.00. The Hall–Kier alpha value is -2.84. The molecule has 0 atom stereocenters. The molecule has 1 fully saturated rings. The second-order valence-electron chi connectivity index (χ2n) is 9.74. The Morgan fingerprint density at radius 2 is 1.73 bits per heavy atom. The number of aliphatic hydroxyl groups is 1. The second-order valence-corrected chi connectivity index (χ2v) is 12.9. The van der Waals surface area contributed by atoms with Crippen molar-refractivity contribution in [3.8, 4) is 5.75 Å². The summed E-state index contributed by atoms with van der Waals surface area (Å²) in [6.07, 6.45) is 4.17. The van der Waals surface area contributed by atoms with Gasteiger partial charge in [0.15, 0.2) is 0 Å². The zero-order valence-electron chi connectivity index (χ0n) is 22.9. The van der Waals surface area contributed by atoms with E-state index >= 15 is 0 Å². The van der Waals surface area contributed by atoms with Crippen molar-refractivity contribution in [2.45, 2.75) is 40.4 Å². The Morgan fingerprint density at radius 1 is 1.05 bits per heavy atom. The van der Waals surface area contributed by atoms with Gasteiger partial charge in [0.1, 0.15) is 5.75 Å². The van der Waals surface area contributed by atoms with Gasteiger partial charge in [-0.05, 0) is 75.5 Å². The summed E-state index contributed by atoms with van der Waals surface area (Å²) in [4.78, 5) is 25.1. The van der Waals surface area contributed by atoms with E-state index in [9.17, 15) is 13.5 Å². The highest BCUT2D eigenvalue weighted by atomic mass is 32.2. The minimum absolute atomic E-state index is 0.283. The molecule has 220 valence electrons. The van der Waals surface area contributed by atoms with Crippen molar-refractivity contribution in [3.05, 3.63) is 36.4 Å². The third-order valence-electron chi connectivity index (χ3n) is 6.96. The smallest absolute Gasteiger partial charge is 0.414 e. The number of sulfonamides is 1. The Morgan fingerprint density at radius 3 is 2.30 bits per heavy atom. The van der Waals surface area contributed by atoms with Gasteiger partial charge in [0.25, 0.3) is 0 Å². The van der Waals surface area contributed by atoms with Gasteiger partial charge in [-0.15, -0.1) is 0 Å². The van der Waals surface area contributed by atoms with Crippen LogP contribution in [0.3, 0.4) is 0 Å². The van der Waals surface area contributed by atoms with Crippen LogP contribution in [-0.2, 0) is 19.6 Å². The first-order chi connectivity index (χ1) is 19.0. The topological polar surface area (TPSA) is 148 Å². The van der Waals surface area contributed by atoms with E-state index in [1.54, 1.807) is 27.3 Å². The summed E-state index contributed by atoms with van der Waals surface area (Å²) in [5.41, 5.74) is 1.98. The van der Waals surface area contributed by atoms with Gasteiger partial charge in [-0.3, -0.25) is 0 Å². The average Bonchev–Trinajstić information content (AvgIpc) is 2.93. The van der Waals surface area contributed by atoms with Crippen molar-refractivity contribution in [1.82, 2.24) is 9.21 Å². The zero-order chi connectivity index (χ0) is 29.4. The second kappa shape index (κ2) is 14.2. The molecule has 3 N–H and O–H groups in total. The molecule has 11 nitrogen and oxygen atoms in total. The first-order valence-corrected chi connectivity index (χ1v) is 15.2. The molecule has 4 rings (SSSR count). The first kappa shape index (κ1) is 31.7. The summed E-state index contributed by atoms with van der Waals surface area (Å²) in [7, 11) is 1.24. The van der Waals surface area contributed by atoms with Crippen LogP contribution in [0.25, 0.3) is 0 Å². The Kier molecular flexibility index (Phi) is 11.2. The fourth-order valence-corrected chi connectivity index (χ4v) is 7.26. The lowest BCUT2D eigenvalue weighted by Gasteiger charge is -2.35. The molecular formula is C27H37N3O8S2. The summed E-state index contributed by atoms with van der Waals surface area (Å²) < 4.78 is 32.9. The van der Waals surface area contributed by atoms with Crippen molar-refractivity contribution in [3.63, 3.8) is 0 Å². The maximum absolute atomic E-state index is 13.1. The molecule has 0 saturated carbocycles. The quantitative estimate of drug-likeness (QED) is 0.367. The van der Waals surface area contributed by atoms with Gasteiger partial charge in [-0.2, -0.15) is 0 Å². The molecule has 0 unspecified atom stereocenters. The Bertz CT molecular complexity index is 1280. The number of carboxylic acid groups (broad SMARTS) is 2. The average molecular weight is 596 g/mol. The molecule has 0 spiro atoms. The van der Waals surface area contributed by atoms with Crippen LogP contribution in [-0.4, -0.2) is 98.9 Å². The highest BCUT2D eigenvalue weighted by Gasteiger charge is 2.31. The molecule has 40 heavy (non-hydrogen) atoms. The van der Waals surface area contributed by atoms with Crippen LogP contribution in [0.2, 0.25) is 0 Å². The molecule has 0 radical (unpaired) electrons. The van der Waals surface area contributed by atoms with Gasteiger partial charge in [0.05, 0.1) is 28.3 Å². The number of aliphatic hydroxyl groups excluding tert-OH is 1. The molecule has 13 heteroatoms. The molecule has 2 aliphatic rings. The fraction of sp³-hybridized carbons (Fsp3) is 0.481. The van der Waals surface area contributed by atoms with Crippen LogP contribution in [0, 0.1) is 5.92 Å². The van der Waals surface area contributed by atoms with E-state index in [-0.39, 0.29) is 6.61 Å². The van der Waals surface area contributed by atoms with Crippen LogP contribution in [0.4, 0.5) is 11.4 Å². The van der Waals surface area contributed by atoms with E-state index in [1.165, 1.54) is 16.1 Å². The molecule has 0 aromatic heterocycles. The minimum atomic E-state index is -3.57. The number of benzene rings is 2. The van der Waals surface area contributed by atoms with E-state index in [2.05, 4.69) is 9.80 Å². The van der Waals surface area contributed by atoms with Gasteiger partial charge in [0, 0.05) is 38.2 Å². The lowest BCUT2D eigenvalue weighted by Crippen LogP contribution is -2.36. The number of carbonyl (C=O) groups is 2. The number of hydrogen-bond donors (Lipinski definition) is 3. The number of fused-ring (bicyclic) bond motifs is 2. The van der Waals surface area contributed by atoms with Crippen LogP contribution < -0.4 is 9.64 Å². The van der Waals surface area contributed by atoms with E-state index in [0.29, 0.717) is 10.8 Å². The van der Waals surface area contributed by atoms with Crippen molar-refractivity contribution >= 4 is 45.1 Å². The van der Waals surface area contributed by atoms with Gasteiger partial charge >= 0.3 is 11.9 Å². The number of nitrogens with zero attached hydrogens (tertiary/aromatic N) is 3. The van der Waals surface area contributed by atoms with E-state index in [4.69, 9.17) is 24.5 Å². The predicted octanol–water partition coefficient (Wildman–Crippen LogP) is 3.19. The molecule has 1 saturated heterocycles. The van der Waals surface area contributed by atoms with Gasteiger partial charge in [0.2, 0.25) is 10.0 Å². The summed E-state index contributed by atoms with van der Waals surface area (Å²) in [5.74, 6) is -2.22. The molecular weight excluding hydrogens is 558 g/mol. The standard InChI is InChI=1S/C25H35N3O4S2.C2H2O4/c1-26(2)34(30,31)24-7-4-6-21-25(24)33-23-9-8-20(32-3)18-22(23)28(21)14-5-13-27-15-10-19(11-16-27)12-17-29;3-1(4)2(5)6/h4,6-9,18-19,29H,5,10-17H2,1-3H3;(H,3,4)(H,5,6). The van der Waals surface area contributed by atoms with E-state index < -0.39 is 22.0 Å². The zero-order valence-corrected chi connectivity index (χ0v) is 24.6. The number of anilines is 2. The molecule has 2 aromatic carbocycles. The van der Waals surface area contributed by atoms with Crippen molar-refractivity contribution < 1.29 is 38.1 Å². The van der Waals surface area contributed by atoms with Crippen LogP contribution in [0.1, 0.15) is 25.7 Å². The maximum atomic E-state index is 13.1. The number of likely N-dealkylation sites (tertiary alicyclic amines) is 1. The van der Waals surface area contributed by atoms with E-state index in [0.717, 1.165) is 78.8 Å². The highest BCUT2D eigenvalue weighted by Crippen LogP contribution is 2.51. The SMILES string of the molecule is COc1ccc2c(c1)N(CCCN1CCC(CCO)CC1)c1cccc(S(=O)(=O)N(C)C)c1S2.O=C(O)C(=O)O. The largest absolute Gasteiger partial charge is 0.497 e. The number of hydrogen-bond acceptors (Lipinski definition) is 9. The van der Waals surface area contributed by atoms with Gasteiger partial charge < -0.3 is 29.9 Å².